The van der Waals surface area contributed by atoms with Gasteiger partial charge in [0.05, 0.1) is 0 Å². The van der Waals surface area contributed by atoms with E-state index in [1.54, 1.807) is 17.4 Å². The highest BCUT2D eigenvalue weighted by Crippen LogP contribution is 2.29. The molecule has 0 spiro atoms. The summed E-state index contributed by atoms with van der Waals surface area (Å²) in [4.78, 5) is 0. The average molecular weight is 194 g/mol. The van der Waals surface area contributed by atoms with Crippen molar-refractivity contribution in [3.63, 3.8) is 0 Å². The summed E-state index contributed by atoms with van der Waals surface area (Å²) in [6, 6.07) is 3.65. The summed E-state index contributed by atoms with van der Waals surface area (Å²) in [6.07, 6.45) is 0.903. The summed E-state index contributed by atoms with van der Waals surface area (Å²) in [5.41, 5.74) is 2.12. The molecule has 0 N–H and O–H groups in total. The first-order valence-electron chi connectivity index (χ1n) is 4.38. The van der Waals surface area contributed by atoms with Crippen molar-refractivity contribution < 1.29 is 4.39 Å². The number of benzene rings is 1. The van der Waals surface area contributed by atoms with Crippen LogP contribution in [0.1, 0.15) is 18.1 Å². The van der Waals surface area contributed by atoms with Crippen LogP contribution in [0.15, 0.2) is 17.5 Å². The molecule has 0 aliphatic carbocycles. The minimum absolute atomic E-state index is 0.0758. The molecule has 0 aliphatic rings. The van der Waals surface area contributed by atoms with E-state index < -0.39 is 0 Å². The number of halogens is 1. The second kappa shape index (κ2) is 3.11. The topological polar surface area (TPSA) is 0 Å². The van der Waals surface area contributed by atoms with Crippen LogP contribution in [0.5, 0.6) is 0 Å². The zero-order valence-corrected chi connectivity index (χ0v) is 8.54. The van der Waals surface area contributed by atoms with E-state index in [9.17, 15) is 4.39 Å². The second-order valence-electron chi connectivity index (χ2n) is 3.23. The molecule has 0 nitrogen and oxygen atoms in total. The monoisotopic (exact) mass is 194 g/mol. The highest BCUT2D eigenvalue weighted by molar-refractivity contribution is 7.17. The molecule has 68 valence electrons. The normalized spacial score (nSPS) is 11.0. The third-order valence-corrected chi connectivity index (χ3v) is 3.21. The van der Waals surface area contributed by atoms with Crippen LogP contribution >= 0.6 is 11.3 Å². The standard InChI is InChI=1S/C11H11FS/c1-3-8-6-13-10-5-7(2)4-9(12)11(8)10/h4-6H,3H2,1-2H3. The van der Waals surface area contributed by atoms with Gasteiger partial charge in [0.2, 0.25) is 0 Å². The van der Waals surface area contributed by atoms with Crippen molar-refractivity contribution >= 4 is 21.4 Å². The number of aryl methyl sites for hydroxylation is 2. The first-order valence-corrected chi connectivity index (χ1v) is 5.26. The van der Waals surface area contributed by atoms with E-state index in [-0.39, 0.29) is 5.82 Å². The van der Waals surface area contributed by atoms with Crippen molar-refractivity contribution in [1.82, 2.24) is 0 Å². The predicted molar refractivity (Wildman–Crippen MR) is 55.9 cm³/mol. The maximum Gasteiger partial charge on any atom is 0.132 e. The number of hydrogen-bond donors (Lipinski definition) is 0. The summed E-state index contributed by atoms with van der Waals surface area (Å²) < 4.78 is 14.6. The third-order valence-electron chi connectivity index (χ3n) is 2.23. The minimum atomic E-state index is -0.0758. The fourth-order valence-electron chi connectivity index (χ4n) is 1.57. The van der Waals surface area contributed by atoms with Crippen molar-refractivity contribution in [2.75, 3.05) is 0 Å². The van der Waals surface area contributed by atoms with E-state index in [4.69, 9.17) is 0 Å². The lowest BCUT2D eigenvalue weighted by Gasteiger charge is -1.98. The van der Waals surface area contributed by atoms with E-state index in [2.05, 4.69) is 6.92 Å². The third kappa shape index (κ3) is 1.35. The van der Waals surface area contributed by atoms with Crippen molar-refractivity contribution in [2.45, 2.75) is 20.3 Å². The van der Waals surface area contributed by atoms with E-state index >= 15 is 0 Å². The summed E-state index contributed by atoms with van der Waals surface area (Å²) in [5.74, 6) is -0.0758. The maximum atomic E-state index is 13.5. The Kier molecular flexibility index (Phi) is 2.08. The molecular weight excluding hydrogens is 183 g/mol. The van der Waals surface area contributed by atoms with Crippen LogP contribution < -0.4 is 0 Å². The zero-order chi connectivity index (χ0) is 9.42. The summed E-state index contributed by atoms with van der Waals surface area (Å²) in [5, 5.41) is 2.87. The minimum Gasteiger partial charge on any atom is -0.206 e. The largest absolute Gasteiger partial charge is 0.206 e. The lowest BCUT2D eigenvalue weighted by atomic mass is 10.1. The van der Waals surface area contributed by atoms with Gasteiger partial charge in [0, 0.05) is 10.1 Å². The molecule has 2 aromatic rings. The molecule has 0 unspecified atom stereocenters. The number of thiophene rings is 1. The van der Waals surface area contributed by atoms with E-state index in [0.29, 0.717) is 0 Å². The molecule has 2 heteroatoms. The van der Waals surface area contributed by atoms with Crippen LogP contribution in [0.4, 0.5) is 4.39 Å². The summed E-state index contributed by atoms with van der Waals surface area (Å²) in [7, 11) is 0. The number of hydrogen-bond acceptors (Lipinski definition) is 1. The van der Waals surface area contributed by atoms with Gasteiger partial charge in [-0.3, -0.25) is 0 Å². The van der Waals surface area contributed by atoms with Crippen molar-refractivity contribution in [3.05, 3.63) is 34.5 Å². The molecule has 0 bridgehead atoms. The Morgan fingerprint density at radius 1 is 1.38 bits per heavy atom. The molecule has 0 radical (unpaired) electrons. The molecule has 0 aliphatic heterocycles. The molecule has 1 aromatic heterocycles. The molecule has 1 heterocycles. The van der Waals surface area contributed by atoms with Crippen LogP contribution in [-0.2, 0) is 6.42 Å². The fourth-order valence-corrected chi connectivity index (χ4v) is 2.72. The molecule has 0 saturated heterocycles. The van der Waals surface area contributed by atoms with Gasteiger partial charge >= 0.3 is 0 Å². The molecular formula is C11H11FS. The smallest absolute Gasteiger partial charge is 0.132 e. The average Bonchev–Trinajstić information content (AvgIpc) is 2.47. The SMILES string of the molecule is CCc1csc2cc(C)cc(F)c12. The highest BCUT2D eigenvalue weighted by atomic mass is 32.1. The highest BCUT2D eigenvalue weighted by Gasteiger charge is 2.07. The fraction of sp³-hybridized carbons (Fsp3) is 0.273. The van der Waals surface area contributed by atoms with E-state index in [0.717, 1.165) is 27.6 Å². The lowest BCUT2D eigenvalue weighted by molar-refractivity contribution is 0.638. The van der Waals surface area contributed by atoms with Gasteiger partial charge in [-0.25, -0.2) is 4.39 Å². The predicted octanol–water partition coefficient (Wildman–Crippen LogP) is 3.91. The van der Waals surface area contributed by atoms with Crippen LogP contribution in [-0.4, -0.2) is 0 Å². The molecule has 0 fully saturated rings. The van der Waals surface area contributed by atoms with Gasteiger partial charge in [-0.15, -0.1) is 11.3 Å². The Labute approximate surface area is 81.0 Å². The van der Waals surface area contributed by atoms with Crippen LogP contribution in [0.2, 0.25) is 0 Å². The van der Waals surface area contributed by atoms with Gasteiger partial charge in [0.15, 0.2) is 0 Å². The van der Waals surface area contributed by atoms with Gasteiger partial charge < -0.3 is 0 Å². The van der Waals surface area contributed by atoms with Crippen molar-refractivity contribution in [2.24, 2.45) is 0 Å². The van der Waals surface area contributed by atoms with Gasteiger partial charge in [0.25, 0.3) is 0 Å². The first-order chi connectivity index (χ1) is 6.22. The molecule has 0 amide bonds. The molecule has 0 atom stereocenters. The van der Waals surface area contributed by atoms with Crippen molar-refractivity contribution in [1.29, 1.82) is 0 Å². The van der Waals surface area contributed by atoms with Crippen LogP contribution in [0.25, 0.3) is 10.1 Å². The van der Waals surface area contributed by atoms with Gasteiger partial charge in [-0.1, -0.05) is 6.92 Å². The van der Waals surface area contributed by atoms with Crippen LogP contribution in [0.3, 0.4) is 0 Å². The Morgan fingerprint density at radius 3 is 2.85 bits per heavy atom. The molecule has 0 saturated carbocycles. The molecule has 13 heavy (non-hydrogen) atoms. The first kappa shape index (κ1) is 8.70. The molecule has 1 aromatic carbocycles. The Hall–Kier alpha value is -0.890. The number of fused-ring (bicyclic) bond motifs is 1. The second-order valence-corrected chi connectivity index (χ2v) is 4.15. The summed E-state index contributed by atoms with van der Waals surface area (Å²) >= 11 is 1.63. The quantitative estimate of drug-likeness (QED) is 0.645. The Balaban J connectivity index is 2.82. The van der Waals surface area contributed by atoms with Gasteiger partial charge in [-0.05, 0) is 42.0 Å². The van der Waals surface area contributed by atoms with Crippen molar-refractivity contribution in [3.8, 4) is 0 Å². The van der Waals surface area contributed by atoms with E-state index in [1.807, 2.05) is 18.4 Å². The lowest BCUT2D eigenvalue weighted by Crippen LogP contribution is -1.82. The maximum absolute atomic E-state index is 13.5. The Bertz CT molecular complexity index is 443. The van der Waals surface area contributed by atoms with Gasteiger partial charge in [0.1, 0.15) is 5.82 Å². The Morgan fingerprint density at radius 2 is 2.15 bits per heavy atom. The zero-order valence-electron chi connectivity index (χ0n) is 7.73. The number of rotatable bonds is 1. The van der Waals surface area contributed by atoms with Crippen LogP contribution in [0, 0.1) is 12.7 Å². The van der Waals surface area contributed by atoms with E-state index in [1.165, 1.54) is 0 Å². The van der Waals surface area contributed by atoms with Gasteiger partial charge in [-0.2, -0.15) is 0 Å². The molecule has 2 rings (SSSR count). The summed E-state index contributed by atoms with van der Waals surface area (Å²) in [6.45, 7) is 3.98.